The summed E-state index contributed by atoms with van der Waals surface area (Å²) in [6.07, 6.45) is 5.30. The van der Waals surface area contributed by atoms with Gasteiger partial charge in [-0.3, -0.25) is 9.69 Å². The van der Waals surface area contributed by atoms with Gasteiger partial charge >= 0.3 is 0 Å². The zero-order valence-electron chi connectivity index (χ0n) is 19.4. The number of aromatic nitrogens is 2. The van der Waals surface area contributed by atoms with E-state index in [1.807, 2.05) is 36.4 Å². The quantitative estimate of drug-likeness (QED) is 0.499. The maximum Gasteiger partial charge on any atom is 0.241 e. The van der Waals surface area contributed by atoms with Crippen LogP contribution in [0.25, 0.3) is 11.4 Å². The Morgan fingerprint density at radius 2 is 1.97 bits per heavy atom. The fourth-order valence-electron chi connectivity index (χ4n) is 4.16. The van der Waals surface area contributed by atoms with E-state index >= 15 is 0 Å². The van der Waals surface area contributed by atoms with Crippen molar-refractivity contribution in [2.75, 3.05) is 25.5 Å². The zero-order valence-corrected chi connectivity index (χ0v) is 19.4. The molecule has 1 atom stereocenters. The summed E-state index contributed by atoms with van der Waals surface area (Å²) >= 11 is 0. The highest BCUT2D eigenvalue weighted by Gasteiger charge is 2.27. The van der Waals surface area contributed by atoms with Crippen molar-refractivity contribution in [1.29, 1.82) is 0 Å². The van der Waals surface area contributed by atoms with Crippen molar-refractivity contribution in [1.82, 2.24) is 15.0 Å². The van der Waals surface area contributed by atoms with Gasteiger partial charge in [-0.1, -0.05) is 30.6 Å². The van der Waals surface area contributed by atoms with E-state index in [9.17, 15) is 4.79 Å². The fraction of sp³-hybridized carbons (Fsp3) is 0.423. The molecular formula is C26H32N4O3. The van der Waals surface area contributed by atoms with Crippen LogP contribution in [0.4, 0.5) is 5.69 Å². The summed E-state index contributed by atoms with van der Waals surface area (Å²) in [6, 6.07) is 15.8. The number of hydrogen-bond acceptors (Lipinski definition) is 6. The molecule has 1 N–H and O–H groups in total. The number of nitrogens with zero attached hydrogens (tertiary/aromatic N) is 3. The van der Waals surface area contributed by atoms with E-state index in [1.54, 1.807) is 7.11 Å². The number of amides is 1. The minimum Gasteiger partial charge on any atom is -0.497 e. The molecule has 0 saturated carbocycles. The summed E-state index contributed by atoms with van der Waals surface area (Å²) in [5.41, 5.74) is 3.05. The van der Waals surface area contributed by atoms with Gasteiger partial charge in [-0.2, -0.15) is 4.98 Å². The van der Waals surface area contributed by atoms with Gasteiger partial charge < -0.3 is 14.6 Å². The second-order valence-electron chi connectivity index (χ2n) is 8.60. The van der Waals surface area contributed by atoms with E-state index in [-0.39, 0.29) is 11.8 Å². The Labute approximate surface area is 195 Å². The fourth-order valence-corrected chi connectivity index (χ4v) is 4.16. The molecule has 7 heteroatoms. The second kappa shape index (κ2) is 11.1. The zero-order chi connectivity index (χ0) is 23.0. The predicted molar refractivity (Wildman–Crippen MR) is 128 cm³/mol. The van der Waals surface area contributed by atoms with Crippen LogP contribution in [0.1, 0.15) is 44.1 Å². The predicted octanol–water partition coefficient (Wildman–Crippen LogP) is 4.94. The first-order valence-corrected chi connectivity index (χ1v) is 11.7. The van der Waals surface area contributed by atoms with Crippen molar-refractivity contribution in [2.24, 2.45) is 5.92 Å². The van der Waals surface area contributed by atoms with Crippen molar-refractivity contribution in [3.05, 3.63) is 60.0 Å². The number of hydrogen-bond donors (Lipinski definition) is 1. The van der Waals surface area contributed by atoms with E-state index in [2.05, 4.69) is 39.4 Å². The minimum atomic E-state index is -0.0532. The Bertz CT molecular complexity index is 1030. The smallest absolute Gasteiger partial charge is 0.241 e. The average molecular weight is 449 g/mol. The van der Waals surface area contributed by atoms with Gasteiger partial charge in [0, 0.05) is 17.8 Å². The van der Waals surface area contributed by atoms with Gasteiger partial charge in [-0.25, -0.2) is 0 Å². The molecule has 0 spiro atoms. The van der Waals surface area contributed by atoms with Gasteiger partial charge in [0.25, 0.3) is 0 Å². The number of methoxy groups -OCH3 is 1. The number of likely N-dealkylation sites (tertiary alicyclic amines) is 1. The van der Waals surface area contributed by atoms with Crippen LogP contribution < -0.4 is 10.1 Å². The lowest BCUT2D eigenvalue weighted by Crippen LogP contribution is -2.40. The first-order chi connectivity index (χ1) is 16.1. The van der Waals surface area contributed by atoms with Crippen LogP contribution in [0.15, 0.2) is 53.1 Å². The molecule has 0 radical (unpaired) electrons. The number of rotatable bonds is 9. The molecular weight excluding hydrogens is 416 g/mol. The number of unbranched alkanes of at least 4 members (excludes halogenated alkanes) is 1. The number of nitrogens with one attached hydrogen (secondary N) is 1. The Morgan fingerprint density at radius 3 is 2.70 bits per heavy atom. The second-order valence-corrected chi connectivity index (χ2v) is 8.60. The van der Waals surface area contributed by atoms with E-state index in [1.165, 1.54) is 18.4 Å². The average Bonchev–Trinajstić information content (AvgIpc) is 3.32. The number of benzene rings is 2. The molecule has 2 aromatic carbocycles. The van der Waals surface area contributed by atoms with Gasteiger partial charge in [0.15, 0.2) is 0 Å². The lowest BCUT2D eigenvalue weighted by Gasteiger charge is -2.30. The number of carbonyl (C=O) groups is 1. The lowest BCUT2D eigenvalue weighted by atomic mass is 9.97. The van der Waals surface area contributed by atoms with E-state index in [0.717, 1.165) is 42.8 Å². The maximum absolute atomic E-state index is 12.9. The third-order valence-electron chi connectivity index (χ3n) is 6.09. The number of carbonyl (C=O) groups excluding carboxylic acids is 1. The summed E-state index contributed by atoms with van der Waals surface area (Å²) in [7, 11) is 1.64. The molecule has 174 valence electrons. The molecule has 1 aliphatic rings. The number of aryl methyl sites for hydroxylation is 1. The van der Waals surface area contributed by atoms with Crippen molar-refractivity contribution in [2.45, 2.75) is 45.6 Å². The summed E-state index contributed by atoms with van der Waals surface area (Å²) in [5, 5.41) is 7.20. The Balaban J connectivity index is 1.31. The Morgan fingerprint density at radius 1 is 1.18 bits per heavy atom. The Kier molecular flexibility index (Phi) is 7.73. The third-order valence-corrected chi connectivity index (χ3v) is 6.09. The highest BCUT2D eigenvalue weighted by atomic mass is 16.5. The standard InChI is InChI=1S/C26H32N4O3/c1-3-4-6-19-8-12-22(13-9-19)27-26(31)21-7-5-16-30(17-21)18-24-28-25(29-33-24)20-10-14-23(32-2)15-11-20/h8-15,21H,3-7,16-18H2,1-2H3,(H,27,31). The van der Waals surface area contributed by atoms with Crippen molar-refractivity contribution < 1.29 is 14.1 Å². The third kappa shape index (κ3) is 6.20. The van der Waals surface area contributed by atoms with Crippen molar-refractivity contribution in [3.8, 4) is 17.1 Å². The molecule has 1 aliphatic heterocycles. The van der Waals surface area contributed by atoms with E-state index in [0.29, 0.717) is 24.8 Å². The number of ether oxygens (including phenoxy) is 1. The van der Waals surface area contributed by atoms with Gasteiger partial charge in [-0.15, -0.1) is 0 Å². The van der Waals surface area contributed by atoms with Crippen LogP contribution in [0.3, 0.4) is 0 Å². The normalized spacial score (nSPS) is 16.5. The van der Waals surface area contributed by atoms with Gasteiger partial charge in [0.1, 0.15) is 5.75 Å². The molecule has 0 bridgehead atoms. The van der Waals surface area contributed by atoms with Crippen LogP contribution in [0.5, 0.6) is 5.75 Å². The van der Waals surface area contributed by atoms with Crippen LogP contribution in [-0.2, 0) is 17.8 Å². The molecule has 3 aromatic rings. The summed E-state index contributed by atoms with van der Waals surface area (Å²) in [4.78, 5) is 19.6. The number of piperidine rings is 1. The monoisotopic (exact) mass is 448 g/mol. The van der Waals surface area contributed by atoms with Crippen LogP contribution in [0, 0.1) is 5.92 Å². The topological polar surface area (TPSA) is 80.5 Å². The van der Waals surface area contributed by atoms with E-state index in [4.69, 9.17) is 9.26 Å². The van der Waals surface area contributed by atoms with Gasteiger partial charge in [-0.05, 0) is 74.2 Å². The molecule has 7 nitrogen and oxygen atoms in total. The molecule has 33 heavy (non-hydrogen) atoms. The van der Waals surface area contributed by atoms with Gasteiger partial charge in [0.2, 0.25) is 17.6 Å². The SMILES string of the molecule is CCCCc1ccc(NC(=O)C2CCCN(Cc3nc(-c4ccc(OC)cc4)no3)C2)cc1. The highest BCUT2D eigenvalue weighted by Crippen LogP contribution is 2.23. The van der Waals surface area contributed by atoms with Crippen molar-refractivity contribution in [3.63, 3.8) is 0 Å². The lowest BCUT2D eigenvalue weighted by molar-refractivity contribution is -0.121. The summed E-state index contributed by atoms with van der Waals surface area (Å²) < 4.78 is 10.7. The first-order valence-electron chi connectivity index (χ1n) is 11.7. The maximum atomic E-state index is 12.9. The minimum absolute atomic E-state index is 0.0532. The highest BCUT2D eigenvalue weighted by molar-refractivity contribution is 5.92. The number of anilines is 1. The summed E-state index contributed by atoms with van der Waals surface area (Å²) in [5.74, 6) is 1.92. The van der Waals surface area contributed by atoms with Crippen LogP contribution in [0.2, 0.25) is 0 Å². The molecule has 1 amide bonds. The van der Waals surface area contributed by atoms with Gasteiger partial charge in [0.05, 0.1) is 19.6 Å². The van der Waals surface area contributed by atoms with Crippen LogP contribution >= 0.6 is 0 Å². The molecule has 1 aromatic heterocycles. The summed E-state index contributed by atoms with van der Waals surface area (Å²) in [6.45, 7) is 4.33. The molecule has 1 unspecified atom stereocenters. The molecule has 1 fully saturated rings. The van der Waals surface area contributed by atoms with E-state index < -0.39 is 0 Å². The van der Waals surface area contributed by atoms with Crippen LogP contribution in [-0.4, -0.2) is 41.1 Å². The largest absolute Gasteiger partial charge is 0.497 e. The molecule has 2 heterocycles. The molecule has 4 rings (SSSR count). The molecule has 0 aliphatic carbocycles. The molecule has 1 saturated heterocycles. The first kappa shape index (κ1) is 23.0. The van der Waals surface area contributed by atoms with Crippen molar-refractivity contribution >= 4 is 11.6 Å². The Hall–Kier alpha value is -3.19.